The zero-order valence-electron chi connectivity index (χ0n) is 19.4. The maximum Gasteiger partial charge on any atom is 0.169 e. The fourth-order valence-corrected chi connectivity index (χ4v) is 3.46. The highest BCUT2D eigenvalue weighted by atomic mass is 19.1. The van der Waals surface area contributed by atoms with Crippen LogP contribution in [0.5, 0.6) is 5.75 Å². The number of anilines is 1. The topological polar surface area (TPSA) is 49.9 Å². The Morgan fingerprint density at radius 3 is 2.21 bits per heavy atom. The van der Waals surface area contributed by atoms with Gasteiger partial charge >= 0.3 is 0 Å². The average Bonchev–Trinajstić information content (AvgIpc) is 2.58. The van der Waals surface area contributed by atoms with Crippen LogP contribution in [0.2, 0.25) is 0 Å². The van der Waals surface area contributed by atoms with Crippen molar-refractivity contribution in [2.45, 2.75) is 16.1 Å². The van der Waals surface area contributed by atoms with E-state index in [1.54, 1.807) is 6.20 Å². The summed E-state index contributed by atoms with van der Waals surface area (Å²) in [5.41, 5.74) is 0. The Balaban J connectivity index is 2.04. The van der Waals surface area contributed by atoms with E-state index < -0.39 is 10.8 Å². The van der Waals surface area contributed by atoms with Gasteiger partial charge in [-0.1, -0.05) is 0 Å². The lowest BCUT2D eigenvalue weighted by Crippen LogP contribution is -2.65. The Kier molecular flexibility index (Phi) is 7.90. The van der Waals surface area contributed by atoms with E-state index >= 15 is 0 Å². The number of halogens is 1. The molecule has 0 aromatic carbocycles. The molecule has 0 amide bonds. The summed E-state index contributed by atoms with van der Waals surface area (Å²) in [6.45, 7) is 5.33. The second-order valence-corrected chi connectivity index (χ2v) is 9.75. The molecule has 0 aliphatic carbocycles. The lowest BCUT2D eigenvalue weighted by atomic mass is 9.40. The van der Waals surface area contributed by atoms with Gasteiger partial charge in [-0.3, -0.25) is 4.90 Å². The van der Waals surface area contributed by atoms with Gasteiger partial charge in [-0.15, -0.1) is 0 Å². The minimum atomic E-state index is -0.672. The lowest BCUT2D eigenvalue weighted by molar-refractivity contribution is 0.00219. The molecule has 0 saturated carbocycles. The molecule has 1 fully saturated rings. The number of rotatable bonds is 9. The number of piperazine rings is 1. The summed E-state index contributed by atoms with van der Waals surface area (Å²) in [5, 5.41) is 1.60. The summed E-state index contributed by atoms with van der Waals surface area (Å²) in [6, 6.07) is 1.44. The molecule has 6 nitrogen and oxygen atoms in total. The molecule has 0 unspecified atom stereocenters. The van der Waals surface area contributed by atoms with E-state index in [1.807, 2.05) is 66.9 Å². The largest absolute Gasteiger partial charge is 0.502 e. The Bertz CT molecular complexity index is 685. The van der Waals surface area contributed by atoms with Crippen LogP contribution in [0.25, 0.3) is 0 Å². The molecule has 1 aromatic rings. The van der Waals surface area contributed by atoms with Gasteiger partial charge in [0.2, 0.25) is 0 Å². The molecule has 14 heteroatoms. The summed E-state index contributed by atoms with van der Waals surface area (Å²) in [6.07, 6.45) is 1.61. The quantitative estimate of drug-likeness (QED) is 0.420. The van der Waals surface area contributed by atoms with Crippen molar-refractivity contribution in [3.63, 3.8) is 0 Å². The Labute approximate surface area is 181 Å². The van der Waals surface area contributed by atoms with E-state index in [4.69, 9.17) is 9.47 Å². The summed E-state index contributed by atoms with van der Waals surface area (Å²) in [4.78, 5) is 8.77. The van der Waals surface area contributed by atoms with Crippen molar-refractivity contribution in [2.24, 2.45) is 0 Å². The van der Waals surface area contributed by atoms with Gasteiger partial charge in [0.15, 0.2) is 11.6 Å². The SMILES string of the molecule is BC(B)(B)OC(B)(B)C(B)(B)Oc1cnc(N2CCN(CCNC)CC2)c(F)c1. The molecule has 29 heavy (non-hydrogen) atoms. The van der Waals surface area contributed by atoms with Gasteiger partial charge in [-0.05, 0) is 12.3 Å². The number of hydrogen-bond acceptors (Lipinski definition) is 6. The third-order valence-electron chi connectivity index (χ3n) is 5.53. The van der Waals surface area contributed by atoms with Crippen molar-refractivity contribution in [3.05, 3.63) is 18.1 Å². The van der Waals surface area contributed by atoms with Crippen molar-refractivity contribution in [2.75, 3.05) is 51.2 Å². The Hall–Kier alpha value is -0.985. The van der Waals surface area contributed by atoms with E-state index in [9.17, 15) is 4.39 Å². The molecule has 1 N–H and O–H groups in total. The number of pyridine rings is 1. The van der Waals surface area contributed by atoms with Crippen LogP contribution < -0.4 is 15.0 Å². The van der Waals surface area contributed by atoms with Crippen molar-refractivity contribution in [3.8, 4) is 5.75 Å². The number of ether oxygens (including phenoxy) is 2. The van der Waals surface area contributed by atoms with Crippen LogP contribution in [0.15, 0.2) is 12.3 Å². The van der Waals surface area contributed by atoms with Gasteiger partial charge in [0.05, 0.1) is 11.6 Å². The predicted octanol–water partition coefficient (Wildman–Crippen LogP) is -6.69. The molecule has 0 spiro atoms. The van der Waals surface area contributed by atoms with Gasteiger partial charge in [0.25, 0.3) is 0 Å². The van der Waals surface area contributed by atoms with Crippen LogP contribution in [0, 0.1) is 5.82 Å². The highest BCUT2D eigenvalue weighted by Crippen LogP contribution is 2.27. The minimum Gasteiger partial charge on any atom is -0.502 e. The molecular weight excluding hydrogens is 363 g/mol. The van der Waals surface area contributed by atoms with Crippen LogP contribution in [0.4, 0.5) is 10.2 Å². The molecule has 152 valence electrons. The molecule has 0 radical (unpaired) electrons. The van der Waals surface area contributed by atoms with Crippen LogP contribution >= 0.6 is 0 Å². The molecule has 2 heterocycles. The second kappa shape index (κ2) is 9.44. The highest BCUT2D eigenvalue weighted by Gasteiger charge is 2.41. The van der Waals surface area contributed by atoms with E-state index in [0.717, 1.165) is 39.3 Å². The maximum atomic E-state index is 14.8. The first-order valence-electron chi connectivity index (χ1n) is 10.5. The number of nitrogens with one attached hydrogen (secondary N) is 1. The second-order valence-electron chi connectivity index (χ2n) is 9.75. The fourth-order valence-electron chi connectivity index (χ4n) is 3.46. The normalized spacial score (nSPS) is 16.7. The molecule has 0 atom stereocenters. The standard InChI is InChI=1S/C15H32B7FN4O2/c1-24-2-3-26-4-6-27(7-5-26)12-11(23)8-10(9-25-12)28-13(16,17)14(18,19)29-15(20,21)22/h8-9,24H,2-7,16-22H2,1H3. The van der Waals surface area contributed by atoms with Crippen molar-refractivity contribution in [1.82, 2.24) is 15.2 Å². The zero-order chi connectivity index (χ0) is 21.9. The first kappa shape index (κ1) is 24.3. The Morgan fingerprint density at radius 1 is 1.07 bits per heavy atom. The van der Waals surface area contributed by atoms with Gasteiger partial charge in [0.1, 0.15) is 60.7 Å². The summed E-state index contributed by atoms with van der Waals surface area (Å²) in [5.74, 6) is 0.458. The van der Waals surface area contributed by atoms with Crippen LogP contribution in [-0.4, -0.2) is 127 Å². The fraction of sp³-hybridized carbons (Fsp3) is 0.667. The number of nitrogens with zero attached hydrogens (tertiary/aromatic N) is 3. The van der Waals surface area contributed by atoms with Gasteiger partial charge < -0.3 is 19.7 Å². The number of hydrogen-bond donors (Lipinski definition) is 1. The van der Waals surface area contributed by atoms with Crippen LogP contribution in [-0.2, 0) is 4.74 Å². The van der Waals surface area contributed by atoms with Crippen LogP contribution in [0.3, 0.4) is 0 Å². The molecule has 2 rings (SSSR count). The molecule has 1 saturated heterocycles. The monoisotopic (exact) mass is 396 g/mol. The number of aromatic nitrogens is 1. The third-order valence-corrected chi connectivity index (χ3v) is 5.53. The zero-order valence-corrected chi connectivity index (χ0v) is 19.4. The van der Waals surface area contributed by atoms with Crippen LogP contribution in [0.1, 0.15) is 0 Å². The van der Waals surface area contributed by atoms with Gasteiger partial charge in [-0.25, -0.2) is 9.37 Å². The molecular formula is C15H32B7FN4O2. The number of likely N-dealkylation sites (N-methyl/N-ethyl adjacent to an activating group) is 1. The minimum absolute atomic E-state index is 0.313. The first-order valence-corrected chi connectivity index (χ1v) is 10.5. The molecule has 1 aliphatic rings. The van der Waals surface area contributed by atoms with Crippen molar-refractivity contribution >= 4 is 60.7 Å². The lowest BCUT2D eigenvalue weighted by Gasteiger charge is -2.46. The van der Waals surface area contributed by atoms with Gasteiger partial charge in [0, 0.05) is 50.7 Å². The van der Waals surface area contributed by atoms with E-state index in [2.05, 4.69) is 15.2 Å². The Morgan fingerprint density at radius 2 is 1.69 bits per heavy atom. The first-order chi connectivity index (χ1) is 13.3. The summed E-state index contributed by atoms with van der Waals surface area (Å²) in [7, 11) is 15.9. The average molecular weight is 395 g/mol. The van der Waals surface area contributed by atoms with E-state index in [0.29, 0.717) is 11.6 Å². The van der Waals surface area contributed by atoms with E-state index in [1.165, 1.54) is 6.07 Å². The van der Waals surface area contributed by atoms with Gasteiger partial charge in [-0.2, -0.15) is 0 Å². The third kappa shape index (κ3) is 6.76. The van der Waals surface area contributed by atoms with Crippen molar-refractivity contribution < 1.29 is 13.9 Å². The maximum absolute atomic E-state index is 14.8. The van der Waals surface area contributed by atoms with E-state index in [-0.39, 0.29) is 11.1 Å². The molecule has 1 aliphatic heterocycles. The summed E-state index contributed by atoms with van der Waals surface area (Å²) < 4.78 is 27.2. The summed E-state index contributed by atoms with van der Waals surface area (Å²) >= 11 is 0. The molecule has 1 aromatic heterocycles. The predicted molar refractivity (Wildman–Crippen MR) is 136 cm³/mol. The smallest absolute Gasteiger partial charge is 0.169 e. The highest BCUT2D eigenvalue weighted by molar-refractivity contribution is 6.59. The molecule has 0 bridgehead atoms. The van der Waals surface area contributed by atoms with Crippen molar-refractivity contribution in [1.29, 1.82) is 0 Å².